The maximum Gasteiger partial charge on any atom is 0.246 e. The fraction of sp³-hybridized carbons (Fsp3) is 0.368. The molecular formula is C19H23N3O. The summed E-state index contributed by atoms with van der Waals surface area (Å²) in [5.41, 5.74) is 1.06. The molecule has 0 N–H and O–H groups in total. The van der Waals surface area contributed by atoms with E-state index in [-0.39, 0.29) is 5.91 Å². The number of nitrogens with zero attached hydrogens (tertiary/aromatic N) is 3. The average molecular weight is 309 g/mol. The third-order valence-electron chi connectivity index (χ3n) is 4.41. The molecule has 0 bridgehead atoms. The molecule has 1 aromatic heterocycles. The minimum Gasteiger partial charge on any atom is -0.337 e. The Balaban J connectivity index is 1.61. The Morgan fingerprint density at radius 2 is 2.13 bits per heavy atom. The third kappa shape index (κ3) is 4.31. The van der Waals surface area contributed by atoms with Crippen LogP contribution in [0.5, 0.6) is 0 Å². The number of likely N-dealkylation sites (tertiary alicyclic amines) is 1. The van der Waals surface area contributed by atoms with Crippen LogP contribution in [-0.2, 0) is 11.3 Å². The van der Waals surface area contributed by atoms with Gasteiger partial charge in [-0.15, -0.1) is 0 Å². The zero-order chi connectivity index (χ0) is 15.9. The highest BCUT2D eigenvalue weighted by Gasteiger charge is 2.24. The van der Waals surface area contributed by atoms with Gasteiger partial charge >= 0.3 is 0 Å². The van der Waals surface area contributed by atoms with Crippen molar-refractivity contribution in [1.82, 2.24) is 14.5 Å². The fourth-order valence-corrected chi connectivity index (χ4v) is 3.14. The first-order valence-corrected chi connectivity index (χ1v) is 8.32. The van der Waals surface area contributed by atoms with Crippen molar-refractivity contribution in [3.63, 3.8) is 0 Å². The second kappa shape index (κ2) is 7.77. The number of amides is 1. The number of aromatic nitrogens is 2. The number of hydrogen-bond acceptors (Lipinski definition) is 2. The van der Waals surface area contributed by atoms with E-state index >= 15 is 0 Å². The van der Waals surface area contributed by atoms with Gasteiger partial charge in [0.1, 0.15) is 0 Å². The molecule has 120 valence electrons. The summed E-state index contributed by atoms with van der Waals surface area (Å²) in [5.74, 6) is 0.129. The quantitative estimate of drug-likeness (QED) is 0.794. The van der Waals surface area contributed by atoms with Gasteiger partial charge in [-0.05, 0) is 37.3 Å². The van der Waals surface area contributed by atoms with Gasteiger partial charge in [-0.25, -0.2) is 4.98 Å². The number of aryl methyl sites for hydroxylation is 1. The lowest BCUT2D eigenvalue weighted by Gasteiger charge is -2.35. The van der Waals surface area contributed by atoms with E-state index in [1.54, 1.807) is 12.3 Å². The highest BCUT2D eigenvalue weighted by molar-refractivity contribution is 5.92. The predicted molar refractivity (Wildman–Crippen MR) is 91.7 cm³/mol. The molecule has 1 saturated heterocycles. The molecule has 0 spiro atoms. The molecule has 1 atom stereocenters. The lowest BCUT2D eigenvalue weighted by molar-refractivity contribution is -0.129. The molecule has 1 aliphatic heterocycles. The van der Waals surface area contributed by atoms with Crippen molar-refractivity contribution >= 4 is 12.0 Å². The molecule has 1 fully saturated rings. The molecule has 2 aromatic rings. The van der Waals surface area contributed by atoms with Crippen LogP contribution in [0.15, 0.2) is 55.1 Å². The number of piperidine rings is 1. The largest absolute Gasteiger partial charge is 0.337 e. The number of rotatable bonds is 5. The molecule has 0 aliphatic carbocycles. The van der Waals surface area contributed by atoms with Crippen LogP contribution in [0.25, 0.3) is 6.08 Å². The van der Waals surface area contributed by atoms with Crippen molar-refractivity contribution in [2.24, 2.45) is 0 Å². The van der Waals surface area contributed by atoms with Crippen LogP contribution >= 0.6 is 0 Å². The van der Waals surface area contributed by atoms with E-state index in [0.717, 1.165) is 37.9 Å². The Hall–Kier alpha value is -2.36. The highest BCUT2D eigenvalue weighted by atomic mass is 16.2. The molecule has 0 saturated carbocycles. The van der Waals surface area contributed by atoms with E-state index in [1.807, 2.05) is 53.8 Å². The first-order valence-electron chi connectivity index (χ1n) is 8.32. The second-order valence-corrected chi connectivity index (χ2v) is 6.01. The van der Waals surface area contributed by atoms with Gasteiger partial charge in [0.25, 0.3) is 0 Å². The molecule has 0 unspecified atom stereocenters. The van der Waals surface area contributed by atoms with Gasteiger partial charge in [-0.2, -0.15) is 0 Å². The highest BCUT2D eigenvalue weighted by Crippen LogP contribution is 2.21. The van der Waals surface area contributed by atoms with Crippen LogP contribution in [0.3, 0.4) is 0 Å². The Bertz CT molecular complexity index is 634. The summed E-state index contributed by atoms with van der Waals surface area (Å²) in [7, 11) is 0. The third-order valence-corrected chi connectivity index (χ3v) is 4.41. The van der Waals surface area contributed by atoms with Crippen LogP contribution in [0.4, 0.5) is 0 Å². The second-order valence-electron chi connectivity index (χ2n) is 6.01. The number of hydrogen-bond donors (Lipinski definition) is 0. The van der Waals surface area contributed by atoms with Crippen LogP contribution in [0.2, 0.25) is 0 Å². The fourth-order valence-electron chi connectivity index (χ4n) is 3.14. The molecule has 0 radical (unpaired) electrons. The minimum absolute atomic E-state index is 0.129. The van der Waals surface area contributed by atoms with E-state index in [2.05, 4.69) is 9.55 Å². The number of carbonyl (C=O) groups is 1. The molecule has 1 amide bonds. The van der Waals surface area contributed by atoms with Crippen LogP contribution in [0, 0.1) is 0 Å². The van der Waals surface area contributed by atoms with E-state index < -0.39 is 0 Å². The van der Waals surface area contributed by atoms with E-state index in [9.17, 15) is 4.79 Å². The van der Waals surface area contributed by atoms with Gasteiger partial charge in [0, 0.05) is 37.6 Å². The summed E-state index contributed by atoms with van der Waals surface area (Å²) >= 11 is 0. The molecule has 4 heteroatoms. The Morgan fingerprint density at radius 3 is 2.91 bits per heavy atom. The van der Waals surface area contributed by atoms with Crippen LogP contribution < -0.4 is 0 Å². The van der Waals surface area contributed by atoms with E-state index in [0.29, 0.717) is 6.04 Å². The van der Waals surface area contributed by atoms with Gasteiger partial charge in [0.05, 0.1) is 6.33 Å². The summed E-state index contributed by atoms with van der Waals surface area (Å²) in [5, 5.41) is 0. The smallest absolute Gasteiger partial charge is 0.246 e. The lowest BCUT2D eigenvalue weighted by Crippen LogP contribution is -2.43. The Kier molecular flexibility index (Phi) is 5.25. The minimum atomic E-state index is 0.129. The van der Waals surface area contributed by atoms with Crippen LogP contribution in [-0.4, -0.2) is 32.9 Å². The van der Waals surface area contributed by atoms with E-state index in [1.165, 1.54) is 6.42 Å². The van der Waals surface area contributed by atoms with Gasteiger partial charge in [0.2, 0.25) is 5.91 Å². The Labute approximate surface area is 137 Å². The number of carbonyl (C=O) groups excluding carboxylic acids is 1. The maximum absolute atomic E-state index is 12.6. The number of benzene rings is 1. The normalized spacial score (nSPS) is 18.4. The topological polar surface area (TPSA) is 38.1 Å². The summed E-state index contributed by atoms with van der Waals surface area (Å²) < 4.78 is 2.08. The summed E-state index contributed by atoms with van der Waals surface area (Å²) in [6, 6.07) is 10.3. The lowest BCUT2D eigenvalue weighted by atomic mass is 9.99. The molecule has 2 heterocycles. The van der Waals surface area contributed by atoms with E-state index in [4.69, 9.17) is 0 Å². The molecule has 1 aliphatic rings. The van der Waals surface area contributed by atoms with Crippen molar-refractivity contribution in [3.8, 4) is 0 Å². The standard InChI is InChI=1S/C19H23N3O/c23-19(10-9-17-6-2-1-3-7-17)22-13-5-4-8-18(22)11-14-21-15-12-20-16-21/h1-3,6-7,9-10,12,15-16,18H,4-5,8,11,13-14H2/b10-9+/t18-/m1/s1. The zero-order valence-electron chi connectivity index (χ0n) is 13.3. The van der Waals surface area contributed by atoms with Gasteiger partial charge < -0.3 is 9.47 Å². The molecule has 4 nitrogen and oxygen atoms in total. The average Bonchev–Trinajstić information content (AvgIpc) is 3.12. The van der Waals surface area contributed by atoms with Gasteiger partial charge in [0.15, 0.2) is 0 Å². The Morgan fingerprint density at radius 1 is 1.26 bits per heavy atom. The predicted octanol–water partition coefficient (Wildman–Crippen LogP) is 3.37. The molecule has 3 rings (SSSR count). The van der Waals surface area contributed by atoms with Gasteiger partial charge in [-0.1, -0.05) is 30.3 Å². The zero-order valence-corrected chi connectivity index (χ0v) is 13.3. The van der Waals surface area contributed by atoms with Crippen LogP contribution in [0.1, 0.15) is 31.2 Å². The first-order chi connectivity index (χ1) is 11.3. The summed E-state index contributed by atoms with van der Waals surface area (Å²) in [6.45, 7) is 1.78. The van der Waals surface area contributed by atoms with Crippen molar-refractivity contribution in [2.75, 3.05) is 6.54 Å². The van der Waals surface area contributed by atoms with Gasteiger partial charge in [-0.3, -0.25) is 4.79 Å². The molecule has 1 aromatic carbocycles. The number of imidazole rings is 1. The maximum atomic E-state index is 12.6. The molecule has 23 heavy (non-hydrogen) atoms. The first kappa shape index (κ1) is 15.5. The van der Waals surface area contributed by atoms with Crippen molar-refractivity contribution in [1.29, 1.82) is 0 Å². The summed E-state index contributed by atoms with van der Waals surface area (Å²) in [4.78, 5) is 18.7. The monoisotopic (exact) mass is 309 g/mol. The molecular weight excluding hydrogens is 286 g/mol. The summed E-state index contributed by atoms with van der Waals surface area (Å²) in [6.07, 6.45) is 13.6. The van der Waals surface area contributed by atoms with Crippen molar-refractivity contribution < 1.29 is 4.79 Å². The van der Waals surface area contributed by atoms with Crippen molar-refractivity contribution in [3.05, 3.63) is 60.7 Å². The van der Waals surface area contributed by atoms with Crippen molar-refractivity contribution in [2.45, 2.75) is 38.3 Å². The SMILES string of the molecule is O=C(/C=C/c1ccccc1)N1CCCC[C@@H]1CCn1ccnc1.